The van der Waals surface area contributed by atoms with Crippen LogP contribution in [-0.4, -0.2) is 90.4 Å². The largest absolute Gasteiger partial charge is 0.330 e. The number of carbonyl (C=O) groups is 1. The molecule has 1 unspecified atom stereocenters. The fourth-order valence-electron chi connectivity index (χ4n) is 7.94. The molecule has 3 aromatic heterocycles. The molecular formula is C39H43BrF2N10O. The van der Waals surface area contributed by atoms with E-state index in [4.69, 9.17) is 0 Å². The number of nitrogens with zero attached hydrogens (tertiary/aromatic N) is 8. The second-order valence-corrected chi connectivity index (χ2v) is 15.4. The molecule has 8 rings (SSSR count). The third-order valence-corrected chi connectivity index (χ3v) is 11.6. The number of rotatable bonds is 9. The maximum Gasteiger partial charge on any atom is 0.254 e. The van der Waals surface area contributed by atoms with Gasteiger partial charge in [0.15, 0.2) is 11.6 Å². The highest BCUT2D eigenvalue weighted by molar-refractivity contribution is 9.10. The fraction of sp³-hybridized carbons (Fsp3) is 0.410. The van der Waals surface area contributed by atoms with E-state index in [1.807, 2.05) is 54.6 Å². The summed E-state index contributed by atoms with van der Waals surface area (Å²) in [5.41, 5.74) is 5.38. The molecule has 5 aromatic rings. The zero-order valence-corrected chi connectivity index (χ0v) is 31.8. The lowest BCUT2D eigenvalue weighted by Crippen LogP contribution is -2.46. The fourth-order valence-corrected chi connectivity index (χ4v) is 8.53. The number of carbonyl (C=O) groups excluding carboxylic acids is 1. The van der Waals surface area contributed by atoms with Crippen LogP contribution in [0.15, 0.2) is 53.3 Å². The lowest BCUT2D eigenvalue weighted by atomic mass is 10.1. The molecule has 2 aromatic carbocycles. The van der Waals surface area contributed by atoms with Crippen LogP contribution in [0.2, 0.25) is 0 Å². The second-order valence-electron chi connectivity index (χ2n) is 14.6. The molecule has 1 atom stereocenters. The predicted octanol–water partition coefficient (Wildman–Crippen LogP) is 6.59. The Labute approximate surface area is 316 Å². The van der Waals surface area contributed by atoms with Crippen molar-refractivity contribution in [2.24, 2.45) is 0 Å². The molecule has 0 aliphatic carbocycles. The van der Waals surface area contributed by atoms with Crippen LogP contribution in [0.1, 0.15) is 65.6 Å². The Hall–Kier alpha value is -4.37. The van der Waals surface area contributed by atoms with Gasteiger partial charge in [-0.1, -0.05) is 28.1 Å². The maximum absolute atomic E-state index is 15.1. The molecule has 14 heteroatoms. The topological polar surface area (TPSA) is 107 Å². The number of hydrogen-bond acceptors (Lipinski definition) is 9. The summed E-state index contributed by atoms with van der Waals surface area (Å²) in [5, 5.41) is 6.51. The van der Waals surface area contributed by atoms with Gasteiger partial charge in [0, 0.05) is 86.2 Å². The van der Waals surface area contributed by atoms with Crippen LogP contribution >= 0.6 is 15.9 Å². The van der Waals surface area contributed by atoms with E-state index in [0.717, 1.165) is 92.6 Å². The number of pyridine rings is 1. The monoisotopic (exact) mass is 784 g/mol. The van der Waals surface area contributed by atoms with E-state index < -0.39 is 11.6 Å². The number of nitrogens with one attached hydrogen (secondary N) is 2. The molecular weight excluding hydrogens is 742 g/mol. The molecule has 6 heterocycles. The van der Waals surface area contributed by atoms with Crippen LogP contribution in [-0.2, 0) is 19.6 Å². The number of anilines is 2. The van der Waals surface area contributed by atoms with Crippen molar-refractivity contribution in [1.29, 1.82) is 0 Å². The average molecular weight is 786 g/mol. The van der Waals surface area contributed by atoms with Gasteiger partial charge in [-0.2, -0.15) is 0 Å². The highest BCUT2D eigenvalue weighted by atomic mass is 79.9. The number of hydrogen-bond donors (Lipinski definition) is 2. The van der Waals surface area contributed by atoms with E-state index >= 15 is 8.78 Å². The van der Waals surface area contributed by atoms with E-state index in [-0.39, 0.29) is 35.1 Å². The van der Waals surface area contributed by atoms with Crippen molar-refractivity contribution in [3.63, 3.8) is 0 Å². The van der Waals surface area contributed by atoms with Gasteiger partial charge in [-0.25, -0.2) is 28.7 Å². The number of aromatic nitrogens is 5. The summed E-state index contributed by atoms with van der Waals surface area (Å²) in [6.45, 7) is 13.7. The van der Waals surface area contributed by atoms with Gasteiger partial charge in [0.25, 0.3) is 5.91 Å². The van der Waals surface area contributed by atoms with Gasteiger partial charge in [-0.15, -0.1) is 0 Å². The van der Waals surface area contributed by atoms with Crippen molar-refractivity contribution < 1.29 is 13.6 Å². The Morgan fingerprint density at radius 3 is 2.49 bits per heavy atom. The highest BCUT2D eigenvalue weighted by Crippen LogP contribution is 2.35. The lowest BCUT2D eigenvalue weighted by molar-refractivity contribution is 0.0674. The van der Waals surface area contributed by atoms with E-state index in [2.05, 4.69) is 62.4 Å². The first-order valence-corrected chi connectivity index (χ1v) is 19.1. The Morgan fingerprint density at radius 1 is 0.981 bits per heavy atom. The second kappa shape index (κ2) is 14.8. The molecule has 2 N–H and O–H groups in total. The first-order chi connectivity index (χ1) is 25.6. The maximum atomic E-state index is 15.1. The first kappa shape index (κ1) is 35.6. The van der Waals surface area contributed by atoms with Crippen molar-refractivity contribution in [2.45, 2.75) is 65.3 Å². The third-order valence-electron chi connectivity index (χ3n) is 10.6. The summed E-state index contributed by atoms with van der Waals surface area (Å²) in [5.74, 6) is 0.335. The zero-order valence-electron chi connectivity index (χ0n) is 30.2. The molecule has 0 saturated carbocycles. The van der Waals surface area contributed by atoms with E-state index in [9.17, 15) is 4.79 Å². The minimum atomic E-state index is -0.652. The number of aryl methyl sites for hydroxylation is 1. The Kier molecular flexibility index (Phi) is 9.96. The predicted molar refractivity (Wildman–Crippen MR) is 204 cm³/mol. The van der Waals surface area contributed by atoms with Crippen molar-refractivity contribution in [3.8, 4) is 11.3 Å². The normalized spacial score (nSPS) is 18.4. The third kappa shape index (κ3) is 7.17. The van der Waals surface area contributed by atoms with Gasteiger partial charge in [-0.3, -0.25) is 14.6 Å². The molecule has 0 bridgehead atoms. The average Bonchev–Trinajstić information content (AvgIpc) is 3.68. The standard InChI is InChI=1S/C39H43BrF2N10O/c1-23(2)52-24(3)46-37-31(41)15-27(16-33(37)52)36-32(42)19-45-39(48-36)47-34-9-6-25(17-44-34)20-49-11-13-50(14-12-49)21-26-7-8-29-30(35(26)40)22-51(38(29)53)28-5-4-10-43-18-28/h6-9,15-17,19,23,28,43H,4-5,10-14,18,20-22H2,1-3H3,(H,44,45,47,48). The van der Waals surface area contributed by atoms with Crippen molar-refractivity contribution in [1.82, 2.24) is 44.5 Å². The van der Waals surface area contributed by atoms with Crippen LogP contribution in [0.3, 0.4) is 0 Å². The molecule has 3 aliphatic heterocycles. The number of amides is 1. The Balaban J connectivity index is 0.868. The molecule has 3 aliphatic rings. The summed E-state index contributed by atoms with van der Waals surface area (Å²) in [7, 11) is 0. The number of imidazole rings is 1. The van der Waals surface area contributed by atoms with E-state index in [1.165, 1.54) is 11.6 Å². The summed E-state index contributed by atoms with van der Waals surface area (Å²) < 4.78 is 33.1. The number of fused-ring (bicyclic) bond motifs is 2. The molecule has 2 saturated heterocycles. The van der Waals surface area contributed by atoms with Gasteiger partial charge >= 0.3 is 0 Å². The minimum Gasteiger partial charge on any atom is -0.330 e. The number of piperidine rings is 1. The van der Waals surface area contributed by atoms with Crippen LogP contribution in [0.25, 0.3) is 22.3 Å². The Bertz CT molecular complexity index is 2160. The zero-order chi connectivity index (χ0) is 36.8. The summed E-state index contributed by atoms with van der Waals surface area (Å²) in [6.07, 6.45) is 5.07. The number of piperazine rings is 1. The van der Waals surface area contributed by atoms with Gasteiger partial charge < -0.3 is 20.1 Å². The van der Waals surface area contributed by atoms with Crippen LogP contribution in [0.5, 0.6) is 0 Å². The molecule has 0 radical (unpaired) electrons. The van der Waals surface area contributed by atoms with Crippen LogP contribution < -0.4 is 10.6 Å². The lowest BCUT2D eigenvalue weighted by Gasteiger charge is -2.35. The quantitative estimate of drug-likeness (QED) is 0.171. The summed E-state index contributed by atoms with van der Waals surface area (Å²) >= 11 is 3.87. The molecule has 11 nitrogen and oxygen atoms in total. The summed E-state index contributed by atoms with van der Waals surface area (Å²) in [4.78, 5) is 37.6. The van der Waals surface area contributed by atoms with E-state index in [1.54, 1.807) is 6.07 Å². The van der Waals surface area contributed by atoms with Crippen molar-refractivity contribution in [2.75, 3.05) is 44.6 Å². The van der Waals surface area contributed by atoms with Gasteiger partial charge in [0.05, 0.1) is 11.7 Å². The Morgan fingerprint density at radius 2 is 1.77 bits per heavy atom. The first-order valence-electron chi connectivity index (χ1n) is 18.3. The van der Waals surface area contributed by atoms with E-state index in [0.29, 0.717) is 29.3 Å². The molecule has 2 fully saturated rings. The molecule has 53 heavy (non-hydrogen) atoms. The number of benzene rings is 2. The van der Waals surface area contributed by atoms with Crippen molar-refractivity contribution in [3.05, 3.63) is 93.0 Å². The molecule has 0 spiro atoms. The smallest absolute Gasteiger partial charge is 0.254 e. The molecule has 1 amide bonds. The SMILES string of the molecule is Cc1nc2c(F)cc(-c3nc(Nc4ccc(CN5CCN(Cc6ccc7c(c6Br)CN(C6CCCNC6)C7=O)CC5)cn4)ncc3F)cc2n1C(C)C. The van der Waals surface area contributed by atoms with Gasteiger partial charge in [-0.05, 0) is 81.1 Å². The summed E-state index contributed by atoms with van der Waals surface area (Å²) in [6, 6.07) is 11.3. The van der Waals surface area contributed by atoms with Crippen LogP contribution in [0, 0.1) is 18.6 Å². The molecule has 276 valence electrons. The highest BCUT2D eigenvalue weighted by Gasteiger charge is 2.35. The van der Waals surface area contributed by atoms with Crippen molar-refractivity contribution >= 4 is 44.6 Å². The minimum absolute atomic E-state index is 0.00840. The van der Waals surface area contributed by atoms with Crippen LogP contribution in [0.4, 0.5) is 20.5 Å². The number of halogens is 3. The van der Waals surface area contributed by atoms with Gasteiger partial charge in [0.1, 0.15) is 22.9 Å². The van der Waals surface area contributed by atoms with Gasteiger partial charge in [0.2, 0.25) is 5.95 Å².